The van der Waals surface area contributed by atoms with E-state index in [2.05, 4.69) is 18.2 Å². The van der Waals surface area contributed by atoms with Gasteiger partial charge in [-0.25, -0.2) is 0 Å². The molecule has 0 saturated carbocycles. The molecule has 0 aromatic heterocycles. The molecule has 0 bridgehead atoms. The summed E-state index contributed by atoms with van der Waals surface area (Å²) < 4.78 is 0. The summed E-state index contributed by atoms with van der Waals surface area (Å²) in [6.07, 6.45) is 7.12. The molecular weight excluding hydrogens is 146 g/mol. The van der Waals surface area contributed by atoms with E-state index in [-0.39, 0.29) is 5.41 Å². The number of nitriles is 1. The molecule has 1 nitrogen and oxygen atoms in total. The van der Waals surface area contributed by atoms with Crippen molar-refractivity contribution >= 4 is 0 Å². The first-order chi connectivity index (χ1) is 5.53. The van der Waals surface area contributed by atoms with Crippen molar-refractivity contribution in [1.29, 1.82) is 5.26 Å². The Labute approximate surface area is 74.4 Å². The third-order valence-corrected chi connectivity index (χ3v) is 1.90. The lowest BCUT2D eigenvalue weighted by molar-refractivity contribution is 0.561. The van der Waals surface area contributed by atoms with Crippen molar-refractivity contribution < 1.29 is 0 Å². The van der Waals surface area contributed by atoms with Crippen LogP contribution in [0.5, 0.6) is 0 Å². The van der Waals surface area contributed by atoms with E-state index >= 15 is 0 Å². The van der Waals surface area contributed by atoms with E-state index in [1.54, 1.807) is 11.1 Å². The van der Waals surface area contributed by atoms with Crippen molar-refractivity contribution in [3.63, 3.8) is 0 Å². The molecule has 2 aliphatic carbocycles. The molecule has 0 unspecified atom stereocenters. The highest BCUT2D eigenvalue weighted by atomic mass is 14.3. The number of hydrogen-bond donors (Lipinski definition) is 0. The van der Waals surface area contributed by atoms with Gasteiger partial charge in [0.15, 0.2) is 0 Å². The van der Waals surface area contributed by atoms with Crippen LogP contribution in [0.2, 0.25) is 0 Å². The van der Waals surface area contributed by atoms with Crippen molar-refractivity contribution in [2.75, 3.05) is 0 Å². The van der Waals surface area contributed by atoms with Gasteiger partial charge in [0.25, 0.3) is 0 Å². The van der Waals surface area contributed by atoms with Crippen molar-refractivity contribution in [3.05, 3.63) is 23.3 Å². The third kappa shape index (κ3) is 2.23. The summed E-state index contributed by atoms with van der Waals surface area (Å²) >= 11 is 0. The van der Waals surface area contributed by atoms with Crippen molar-refractivity contribution in [1.82, 2.24) is 0 Å². The number of nitrogens with zero attached hydrogens (tertiary/aromatic N) is 1. The van der Waals surface area contributed by atoms with Gasteiger partial charge in [0, 0.05) is 5.41 Å². The van der Waals surface area contributed by atoms with E-state index in [4.69, 9.17) is 5.26 Å². The number of rotatable bonds is 0. The van der Waals surface area contributed by atoms with Crippen LogP contribution in [0.1, 0.15) is 33.6 Å². The second-order valence-electron chi connectivity index (χ2n) is 4.25. The van der Waals surface area contributed by atoms with Crippen LogP contribution in [0.4, 0.5) is 0 Å². The summed E-state index contributed by atoms with van der Waals surface area (Å²) in [6, 6.07) is 2.10. The lowest BCUT2D eigenvalue weighted by Gasteiger charge is -2.24. The van der Waals surface area contributed by atoms with Crippen LogP contribution in [0.3, 0.4) is 0 Å². The molecule has 2 rings (SSSR count). The van der Waals surface area contributed by atoms with Gasteiger partial charge >= 0.3 is 0 Å². The monoisotopic (exact) mass is 161 g/mol. The molecule has 0 saturated heterocycles. The molecule has 1 heteroatoms. The van der Waals surface area contributed by atoms with Gasteiger partial charge in [-0.15, -0.1) is 0 Å². The summed E-state index contributed by atoms with van der Waals surface area (Å²) in [4.78, 5) is 0. The summed E-state index contributed by atoms with van der Waals surface area (Å²) in [7, 11) is 0. The standard InChI is InChI=1S/C6H6.C5H9N/c1-2-6-4-3-5(1)6;1-5(2,3)4-6/h1-2H,3-4H2;1-3H3. The molecule has 0 spiro atoms. The number of allylic oxidation sites excluding steroid dienone is 4. The topological polar surface area (TPSA) is 23.8 Å². The first-order valence-electron chi connectivity index (χ1n) is 4.34. The molecule has 12 heavy (non-hydrogen) atoms. The van der Waals surface area contributed by atoms with Gasteiger partial charge in [-0.3, -0.25) is 0 Å². The quantitative estimate of drug-likeness (QED) is 0.535. The van der Waals surface area contributed by atoms with Crippen molar-refractivity contribution in [3.8, 4) is 6.07 Å². The fourth-order valence-electron chi connectivity index (χ4n) is 0.899. The molecule has 0 N–H and O–H groups in total. The third-order valence-electron chi connectivity index (χ3n) is 1.90. The Hall–Kier alpha value is -1.03. The van der Waals surface area contributed by atoms with Gasteiger partial charge in [0.1, 0.15) is 0 Å². The minimum atomic E-state index is -0.153. The zero-order valence-corrected chi connectivity index (χ0v) is 8.02. The van der Waals surface area contributed by atoms with Gasteiger partial charge in [-0.2, -0.15) is 5.26 Å². The van der Waals surface area contributed by atoms with E-state index in [1.165, 1.54) is 12.8 Å². The van der Waals surface area contributed by atoms with Crippen LogP contribution in [0.25, 0.3) is 0 Å². The Bertz CT molecular complexity index is 252. The summed E-state index contributed by atoms with van der Waals surface area (Å²) in [5, 5.41) is 8.15. The molecule has 0 aromatic rings. The Morgan fingerprint density at radius 1 is 1.17 bits per heavy atom. The minimum absolute atomic E-state index is 0.153. The van der Waals surface area contributed by atoms with Crippen LogP contribution < -0.4 is 0 Å². The van der Waals surface area contributed by atoms with Crippen LogP contribution in [-0.2, 0) is 0 Å². The SMILES string of the molecule is C1=CC2=C1CC2.CC(C)(C)C#N. The highest BCUT2D eigenvalue weighted by molar-refractivity contribution is 5.50. The second kappa shape index (κ2) is 3.15. The predicted octanol–water partition coefficient (Wildman–Crippen LogP) is 3.20. The Morgan fingerprint density at radius 2 is 1.50 bits per heavy atom. The molecule has 2 aliphatic rings. The predicted molar refractivity (Wildman–Crippen MR) is 50.5 cm³/mol. The van der Waals surface area contributed by atoms with Crippen molar-refractivity contribution in [2.45, 2.75) is 33.6 Å². The van der Waals surface area contributed by atoms with Gasteiger partial charge < -0.3 is 0 Å². The van der Waals surface area contributed by atoms with E-state index in [1.807, 2.05) is 20.8 Å². The lowest BCUT2D eigenvalue weighted by atomic mass is 9.81. The minimum Gasteiger partial charge on any atom is -0.198 e. The van der Waals surface area contributed by atoms with Gasteiger partial charge in [0.2, 0.25) is 0 Å². The molecule has 0 aromatic carbocycles. The largest absolute Gasteiger partial charge is 0.198 e. The highest BCUT2D eigenvalue weighted by Crippen LogP contribution is 2.36. The highest BCUT2D eigenvalue weighted by Gasteiger charge is 2.17. The van der Waals surface area contributed by atoms with Crippen LogP contribution in [0.15, 0.2) is 23.3 Å². The van der Waals surface area contributed by atoms with E-state index < -0.39 is 0 Å². The summed E-state index contributed by atoms with van der Waals surface area (Å²) in [6.45, 7) is 5.65. The second-order valence-corrected chi connectivity index (χ2v) is 4.25. The average molecular weight is 161 g/mol. The smallest absolute Gasteiger partial charge is 0.0680 e. The molecule has 0 fully saturated rings. The molecule has 0 heterocycles. The maximum absolute atomic E-state index is 8.15. The Kier molecular flexibility index (Phi) is 2.38. The molecule has 0 amide bonds. The fourth-order valence-corrected chi connectivity index (χ4v) is 0.899. The van der Waals surface area contributed by atoms with Crippen LogP contribution >= 0.6 is 0 Å². The molecule has 0 atom stereocenters. The molecule has 64 valence electrons. The van der Waals surface area contributed by atoms with E-state index in [0.29, 0.717) is 0 Å². The van der Waals surface area contributed by atoms with Gasteiger partial charge in [-0.05, 0) is 44.8 Å². The maximum atomic E-state index is 8.15. The van der Waals surface area contributed by atoms with Crippen LogP contribution in [-0.4, -0.2) is 0 Å². The molecule has 0 aliphatic heterocycles. The fraction of sp³-hybridized carbons (Fsp3) is 0.545. The Morgan fingerprint density at radius 3 is 1.50 bits per heavy atom. The number of hydrogen-bond acceptors (Lipinski definition) is 1. The zero-order valence-electron chi connectivity index (χ0n) is 8.02. The first kappa shape index (κ1) is 9.06. The average Bonchev–Trinajstić information content (AvgIpc) is 1.96. The first-order valence-corrected chi connectivity index (χ1v) is 4.34. The van der Waals surface area contributed by atoms with Gasteiger partial charge in [-0.1, -0.05) is 12.2 Å². The van der Waals surface area contributed by atoms with Crippen molar-refractivity contribution in [2.24, 2.45) is 5.41 Å². The summed E-state index contributed by atoms with van der Waals surface area (Å²) in [5.41, 5.74) is 3.06. The molecule has 0 radical (unpaired) electrons. The van der Waals surface area contributed by atoms with E-state index in [0.717, 1.165) is 0 Å². The molecular formula is C11H15N. The zero-order chi connectivity index (χ0) is 9.19. The Balaban J connectivity index is 0.000000120. The normalized spacial score (nSPS) is 17.8. The van der Waals surface area contributed by atoms with Crippen LogP contribution in [0, 0.1) is 16.7 Å². The van der Waals surface area contributed by atoms with E-state index in [9.17, 15) is 0 Å². The van der Waals surface area contributed by atoms with Gasteiger partial charge in [0.05, 0.1) is 6.07 Å². The maximum Gasteiger partial charge on any atom is 0.0680 e. The summed E-state index contributed by atoms with van der Waals surface area (Å²) in [5.74, 6) is 0. The lowest BCUT2D eigenvalue weighted by Crippen LogP contribution is -2.05.